The second-order valence-corrected chi connectivity index (χ2v) is 8.73. The van der Waals surface area contributed by atoms with Gasteiger partial charge in [-0.1, -0.05) is 60.7 Å². The number of piperidine rings is 1. The SMILES string of the molecule is C1=CC2C(Cc3ccccc3)CC1CN2CCc1csc2ccccc12. The molecule has 3 aromatic rings. The second kappa shape index (κ2) is 7.02. The lowest BCUT2D eigenvalue weighted by Crippen LogP contribution is -2.51. The van der Waals surface area contributed by atoms with E-state index in [0.29, 0.717) is 6.04 Å². The van der Waals surface area contributed by atoms with E-state index in [1.54, 1.807) is 0 Å². The maximum Gasteiger partial charge on any atom is 0.0345 e. The molecule has 1 nitrogen and oxygen atoms in total. The van der Waals surface area contributed by atoms with Crippen LogP contribution in [-0.2, 0) is 12.8 Å². The fourth-order valence-corrected chi connectivity index (χ4v) is 5.86. The average Bonchev–Trinajstić information content (AvgIpc) is 3.11. The molecule has 132 valence electrons. The summed E-state index contributed by atoms with van der Waals surface area (Å²) < 4.78 is 1.42. The summed E-state index contributed by atoms with van der Waals surface area (Å²) >= 11 is 1.89. The third-order valence-corrected chi connectivity index (χ3v) is 7.14. The number of hydrogen-bond acceptors (Lipinski definition) is 2. The van der Waals surface area contributed by atoms with Crippen LogP contribution < -0.4 is 0 Å². The Bertz CT molecular complexity index is 910. The first-order valence-electron chi connectivity index (χ1n) is 9.78. The largest absolute Gasteiger partial charge is 0.296 e. The molecule has 3 atom stereocenters. The van der Waals surface area contributed by atoms with Gasteiger partial charge in [0, 0.05) is 23.8 Å². The fourth-order valence-electron chi connectivity index (χ4n) is 4.86. The van der Waals surface area contributed by atoms with Crippen molar-refractivity contribution in [1.82, 2.24) is 4.90 Å². The number of hydrogen-bond donors (Lipinski definition) is 0. The first kappa shape index (κ1) is 16.3. The van der Waals surface area contributed by atoms with Crippen molar-refractivity contribution in [3.63, 3.8) is 0 Å². The van der Waals surface area contributed by atoms with Crippen LogP contribution in [0.2, 0.25) is 0 Å². The van der Waals surface area contributed by atoms with Crippen LogP contribution in [0.15, 0.2) is 72.1 Å². The Labute approximate surface area is 160 Å². The first-order valence-corrected chi connectivity index (χ1v) is 10.7. The number of thiophene rings is 1. The van der Waals surface area contributed by atoms with Gasteiger partial charge in [-0.25, -0.2) is 0 Å². The first-order chi connectivity index (χ1) is 12.9. The van der Waals surface area contributed by atoms with Crippen LogP contribution in [0.25, 0.3) is 10.1 Å². The van der Waals surface area contributed by atoms with Crippen molar-refractivity contribution in [3.8, 4) is 0 Å². The van der Waals surface area contributed by atoms with Gasteiger partial charge in [-0.3, -0.25) is 4.90 Å². The molecule has 2 aromatic carbocycles. The predicted octanol–water partition coefficient (Wildman–Crippen LogP) is 5.56. The zero-order chi connectivity index (χ0) is 17.3. The van der Waals surface area contributed by atoms with E-state index in [-0.39, 0.29) is 0 Å². The van der Waals surface area contributed by atoms with Crippen molar-refractivity contribution in [3.05, 3.63) is 83.3 Å². The highest BCUT2D eigenvalue weighted by molar-refractivity contribution is 7.17. The van der Waals surface area contributed by atoms with Crippen molar-refractivity contribution in [2.24, 2.45) is 11.8 Å². The fraction of sp³-hybridized carbons (Fsp3) is 0.333. The standard InChI is InChI=1S/C24H25NS/c1-2-6-18(7-3-1)14-21-15-19-10-11-23(21)25(16-19)13-12-20-17-26-24-9-5-4-8-22(20)24/h1-11,17,19,21,23H,12-16H2. The molecule has 1 aromatic heterocycles. The van der Waals surface area contributed by atoms with Gasteiger partial charge < -0.3 is 0 Å². The summed E-state index contributed by atoms with van der Waals surface area (Å²) in [4.78, 5) is 2.74. The number of benzene rings is 2. The van der Waals surface area contributed by atoms with Crippen LogP contribution >= 0.6 is 11.3 Å². The molecule has 2 heteroatoms. The van der Waals surface area contributed by atoms with Crippen molar-refractivity contribution in [1.29, 1.82) is 0 Å². The van der Waals surface area contributed by atoms with Gasteiger partial charge in [0.2, 0.25) is 0 Å². The summed E-state index contributed by atoms with van der Waals surface area (Å²) in [7, 11) is 0. The lowest BCUT2D eigenvalue weighted by molar-refractivity contribution is 0.0846. The summed E-state index contributed by atoms with van der Waals surface area (Å²) in [5, 5.41) is 3.82. The van der Waals surface area contributed by atoms with Crippen LogP contribution in [0, 0.1) is 11.8 Å². The van der Waals surface area contributed by atoms with Crippen LogP contribution in [0.1, 0.15) is 17.5 Å². The van der Waals surface area contributed by atoms with Gasteiger partial charge >= 0.3 is 0 Å². The lowest BCUT2D eigenvalue weighted by Gasteiger charge is -2.46. The van der Waals surface area contributed by atoms with Gasteiger partial charge in [-0.2, -0.15) is 0 Å². The van der Waals surface area contributed by atoms with Crippen molar-refractivity contribution < 1.29 is 0 Å². The maximum atomic E-state index is 2.74. The maximum absolute atomic E-state index is 2.74. The molecule has 0 amide bonds. The normalized spacial score (nSPS) is 25.2. The quantitative estimate of drug-likeness (QED) is 0.539. The minimum atomic E-state index is 0.616. The monoisotopic (exact) mass is 359 g/mol. The van der Waals surface area contributed by atoms with Gasteiger partial charge in [0.25, 0.3) is 0 Å². The number of nitrogens with zero attached hydrogens (tertiary/aromatic N) is 1. The summed E-state index contributed by atoms with van der Waals surface area (Å²) in [5.41, 5.74) is 3.01. The molecule has 3 aliphatic rings. The molecule has 2 aliphatic heterocycles. The molecule has 0 saturated carbocycles. The minimum Gasteiger partial charge on any atom is -0.296 e. The molecule has 0 spiro atoms. The van der Waals surface area contributed by atoms with Crippen molar-refractivity contribution in [2.45, 2.75) is 25.3 Å². The number of fused-ring (bicyclic) bond motifs is 3. The summed E-state index contributed by atoms with van der Waals surface area (Å²) in [5.74, 6) is 1.51. The van der Waals surface area contributed by atoms with Crippen LogP contribution in [0.5, 0.6) is 0 Å². The van der Waals surface area contributed by atoms with Crippen LogP contribution in [0.4, 0.5) is 0 Å². The van der Waals surface area contributed by atoms with Gasteiger partial charge in [0.1, 0.15) is 0 Å². The Morgan fingerprint density at radius 1 is 0.962 bits per heavy atom. The van der Waals surface area contributed by atoms with E-state index < -0.39 is 0 Å². The molecule has 0 N–H and O–H groups in total. The zero-order valence-electron chi connectivity index (χ0n) is 15.1. The average molecular weight is 360 g/mol. The predicted molar refractivity (Wildman–Crippen MR) is 112 cm³/mol. The lowest BCUT2D eigenvalue weighted by atomic mass is 9.75. The summed E-state index contributed by atoms with van der Waals surface area (Å²) in [6, 6.07) is 20.5. The van der Waals surface area contributed by atoms with E-state index in [1.165, 1.54) is 53.6 Å². The Morgan fingerprint density at radius 3 is 2.69 bits per heavy atom. The van der Waals surface area contributed by atoms with E-state index in [9.17, 15) is 0 Å². The second-order valence-electron chi connectivity index (χ2n) is 7.82. The summed E-state index contributed by atoms with van der Waals surface area (Å²) in [6.45, 7) is 2.42. The van der Waals surface area contributed by atoms with E-state index >= 15 is 0 Å². The van der Waals surface area contributed by atoms with E-state index in [4.69, 9.17) is 0 Å². The van der Waals surface area contributed by atoms with Gasteiger partial charge in [-0.05, 0) is 59.1 Å². The Kier molecular flexibility index (Phi) is 4.40. The Morgan fingerprint density at radius 2 is 1.81 bits per heavy atom. The van der Waals surface area contributed by atoms with Crippen LogP contribution in [-0.4, -0.2) is 24.0 Å². The van der Waals surface area contributed by atoms with Crippen molar-refractivity contribution >= 4 is 21.4 Å². The minimum absolute atomic E-state index is 0.616. The van der Waals surface area contributed by atoms with Gasteiger partial charge in [0.15, 0.2) is 0 Å². The highest BCUT2D eigenvalue weighted by Gasteiger charge is 2.36. The third-order valence-electron chi connectivity index (χ3n) is 6.13. The molecule has 26 heavy (non-hydrogen) atoms. The highest BCUT2D eigenvalue weighted by atomic mass is 32.1. The topological polar surface area (TPSA) is 3.24 Å². The Hall–Kier alpha value is -1.90. The molecule has 3 unspecified atom stereocenters. The highest BCUT2D eigenvalue weighted by Crippen LogP contribution is 2.36. The van der Waals surface area contributed by atoms with E-state index in [1.807, 2.05) is 11.3 Å². The van der Waals surface area contributed by atoms with Crippen molar-refractivity contribution in [2.75, 3.05) is 13.1 Å². The molecule has 6 rings (SSSR count). The smallest absolute Gasteiger partial charge is 0.0345 e. The molecule has 0 radical (unpaired) electrons. The number of rotatable bonds is 5. The summed E-state index contributed by atoms with van der Waals surface area (Å²) in [6.07, 6.45) is 8.71. The van der Waals surface area contributed by atoms with Crippen LogP contribution in [0.3, 0.4) is 0 Å². The van der Waals surface area contributed by atoms with Gasteiger partial charge in [-0.15, -0.1) is 11.3 Å². The molecule has 3 heterocycles. The third kappa shape index (κ3) is 3.13. The zero-order valence-corrected chi connectivity index (χ0v) is 15.9. The van der Waals surface area contributed by atoms with E-state index in [0.717, 1.165) is 11.8 Å². The van der Waals surface area contributed by atoms with E-state index in [2.05, 4.69) is 77.0 Å². The molecule has 2 bridgehead atoms. The Balaban J connectivity index is 1.29. The molecular weight excluding hydrogens is 334 g/mol. The molecular formula is C24H25NS. The molecule has 1 aliphatic carbocycles. The molecule has 1 fully saturated rings. The molecule has 1 saturated heterocycles. The van der Waals surface area contributed by atoms with Gasteiger partial charge in [0.05, 0.1) is 0 Å².